The lowest BCUT2D eigenvalue weighted by atomic mass is 9.75. The molecule has 2 N–H and O–H groups in total. The second-order valence-electron chi connectivity index (χ2n) is 5.98. The van der Waals surface area contributed by atoms with E-state index in [1.54, 1.807) is 0 Å². The van der Waals surface area contributed by atoms with Gasteiger partial charge in [0.1, 0.15) is 0 Å². The second kappa shape index (κ2) is 6.15. The van der Waals surface area contributed by atoms with Gasteiger partial charge in [-0.2, -0.15) is 0 Å². The molecule has 1 amide bonds. The van der Waals surface area contributed by atoms with Crippen molar-refractivity contribution in [1.29, 1.82) is 0 Å². The molecule has 0 aliphatic carbocycles. The summed E-state index contributed by atoms with van der Waals surface area (Å²) >= 11 is 5.89. The number of amides is 1. The molecule has 1 saturated heterocycles. The van der Waals surface area contributed by atoms with E-state index in [4.69, 9.17) is 11.6 Å². The number of rotatable bonds is 4. The Morgan fingerprint density at radius 1 is 1.30 bits per heavy atom. The van der Waals surface area contributed by atoms with Crippen molar-refractivity contribution in [2.24, 2.45) is 11.3 Å². The van der Waals surface area contributed by atoms with Crippen molar-refractivity contribution in [3.05, 3.63) is 34.9 Å². The molecule has 1 aromatic carbocycles. The number of carbonyl (C=O) groups excluding carboxylic acids is 1. The zero-order valence-electron chi connectivity index (χ0n) is 12.4. The van der Waals surface area contributed by atoms with Crippen LogP contribution in [0.25, 0.3) is 0 Å². The Labute approximate surface area is 126 Å². The number of nitrogens with one attached hydrogen (secondary N) is 2. The Morgan fingerprint density at radius 2 is 1.95 bits per heavy atom. The second-order valence-corrected chi connectivity index (χ2v) is 6.42. The van der Waals surface area contributed by atoms with Gasteiger partial charge in [0.15, 0.2) is 0 Å². The van der Waals surface area contributed by atoms with Crippen LogP contribution in [0.1, 0.15) is 38.8 Å². The van der Waals surface area contributed by atoms with Gasteiger partial charge >= 0.3 is 0 Å². The van der Waals surface area contributed by atoms with Crippen LogP contribution in [0.5, 0.6) is 0 Å². The first kappa shape index (κ1) is 15.3. The highest BCUT2D eigenvalue weighted by atomic mass is 35.5. The Kier molecular flexibility index (Phi) is 4.71. The molecular formula is C16H23ClN2O. The molecule has 2 rings (SSSR count). The van der Waals surface area contributed by atoms with Crippen molar-refractivity contribution >= 4 is 17.5 Å². The molecule has 0 spiro atoms. The van der Waals surface area contributed by atoms with Crippen LogP contribution >= 0.6 is 11.6 Å². The highest BCUT2D eigenvalue weighted by molar-refractivity contribution is 6.30. The molecule has 1 aliphatic rings. The van der Waals surface area contributed by atoms with Gasteiger partial charge in [0.2, 0.25) is 5.91 Å². The van der Waals surface area contributed by atoms with Gasteiger partial charge in [-0.15, -0.1) is 0 Å². The summed E-state index contributed by atoms with van der Waals surface area (Å²) in [5, 5.41) is 7.19. The van der Waals surface area contributed by atoms with Crippen LogP contribution in [-0.2, 0) is 4.79 Å². The zero-order chi connectivity index (χ0) is 14.8. The molecular weight excluding hydrogens is 272 g/mol. The number of hydrogen-bond acceptors (Lipinski definition) is 2. The molecule has 0 radical (unpaired) electrons. The lowest BCUT2D eigenvalue weighted by molar-refractivity contribution is -0.133. The minimum Gasteiger partial charge on any atom is -0.349 e. The van der Waals surface area contributed by atoms with Crippen LogP contribution in [0, 0.1) is 11.3 Å². The quantitative estimate of drug-likeness (QED) is 0.896. The van der Waals surface area contributed by atoms with Crippen molar-refractivity contribution in [3.8, 4) is 0 Å². The predicted octanol–water partition coefficient (Wildman–Crippen LogP) is 3.15. The topological polar surface area (TPSA) is 41.1 Å². The lowest BCUT2D eigenvalue weighted by Gasteiger charge is -2.32. The van der Waals surface area contributed by atoms with Gasteiger partial charge in [-0.05, 0) is 43.5 Å². The van der Waals surface area contributed by atoms with E-state index in [0.717, 1.165) is 25.1 Å². The van der Waals surface area contributed by atoms with Crippen LogP contribution in [0.4, 0.5) is 0 Å². The third-order valence-corrected chi connectivity index (χ3v) is 4.72. The first-order valence-corrected chi connectivity index (χ1v) is 7.60. The van der Waals surface area contributed by atoms with Crippen molar-refractivity contribution < 1.29 is 4.79 Å². The average Bonchev–Trinajstić information content (AvgIpc) is 2.90. The molecule has 2 atom stereocenters. The van der Waals surface area contributed by atoms with Crippen LogP contribution in [0.2, 0.25) is 5.02 Å². The fraction of sp³-hybridized carbons (Fsp3) is 0.562. The van der Waals surface area contributed by atoms with Crippen LogP contribution in [-0.4, -0.2) is 19.0 Å². The fourth-order valence-electron chi connectivity index (χ4n) is 2.84. The highest BCUT2D eigenvalue weighted by Gasteiger charge is 2.44. The molecule has 1 aromatic rings. The summed E-state index contributed by atoms with van der Waals surface area (Å²) in [5.74, 6) is 0.481. The maximum absolute atomic E-state index is 12.7. The van der Waals surface area contributed by atoms with Gasteiger partial charge in [0.25, 0.3) is 0 Å². The molecule has 1 unspecified atom stereocenters. The lowest BCUT2D eigenvalue weighted by Crippen LogP contribution is -2.46. The third-order valence-electron chi connectivity index (χ3n) is 4.46. The summed E-state index contributed by atoms with van der Waals surface area (Å²) < 4.78 is 0. The Balaban J connectivity index is 2.08. The van der Waals surface area contributed by atoms with E-state index in [1.165, 1.54) is 0 Å². The summed E-state index contributed by atoms with van der Waals surface area (Å²) in [5.41, 5.74) is 0.799. The fourth-order valence-corrected chi connectivity index (χ4v) is 2.96. The van der Waals surface area contributed by atoms with E-state index < -0.39 is 0 Å². The summed E-state index contributed by atoms with van der Waals surface area (Å²) in [7, 11) is 0. The first-order valence-electron chi connectivity index (χ1n) is 7.23. The molecule has 3 nitrogen and oxygen atoms in total. The van der Waals surface area contributed by atoms with E-state index in [2.05, 4.69) is 24.5 Å². The molecule has 110 valence electrons. The van der Waals surface area contributed by atoms with E-state index in [-0.39, 0.29) is 17.4 Å². The molecule has 1 heterocycles. The van der Waals surface area contributed by atoms with Crippen LogP contribution < -0.4 is 10.6 Å². The molecule has 1 fully saturated rings. The van der Waals surface area contributed by atoms with Gasteiger partial charge in [0, 0.05) is 11.6 Å². The van der Waals surface area contributed by atoms with Gasteiger partial charge in [-0.3, -0.25) is 4.79 Å². The number of benzene rings is 1. The van der Waals surface area contributed by atoms with Gasteiger partial charge in [0.05, 0.1) is 11.5 Å². The van der Waals surface area contributed by atoms with Crippen molar-refractivity contribution in [3.63, 3.8) is 0 Å². The van der Waals surface area contributed by atoms with E-state index in [9.17, 15) is 4.79 Å². The van der Waals surface area contributed by atoms with Gasteiger partial charge in [-0.1, -0.05) is 37.6 Å². The maximum Gasteiger partial charge on any atom is 0.228 e. The van der Waals surface area contributed by atoms with Crippen molar-refractivity contribution in [2.45, 2.75) is 33.2 Å². The van der Waals surface area contributed by atoms with E-state index in [0.29, 0.717) is 10.9 Å². The molecule has 0 aromatic heterocycles. The standard InChI is InChI=1S/C16H23ClN2O/c1-11(2)16(8-9-18-10-16)15(20)19-12(3)13-4-6-14(17)7-5-13/h4-7,11-12,18H,8-10H2,1-3H3,(H,19,20)/t12-,16?/m0/s1. The summed E-state index contributed by atoms with van der Waals surface area (Å²) in [4.78, 5) is 12.7. The average molecular weight is 295 g/mol. The third kappa shape index (κ3) is 2.99. The predicted molar refractivity (Wildman–Crippen MR) is 82.8 cm³/mol. The zero-order valence-corrected chi connectivity index (χ0v) is 13.1. The molecule has 0 bridgehead atoms. The number of hydrogen-bond donors (Lipinski definition) is 2. The van der Waals surface area contributed by atoms with Crippen LogP contribution in [0.3, 0.4) is 0 Å². The van der Waals surface area contributed by atoms with Gasteiger partial charge < -0.3 is 10.6 Å². The molecule has 0 saturated carbocycles. The highest BCUT2D eigenvalue weighted by Crippen LogP contribution is 2.35. The van der Waals surface area contributed by atoms with Crippen LogP contribution in [0.15, 0.2) is 24.3 Å². The van der Waals surface area contributed by atoms with Gasteiger partial charge in [-0.25, -0.2) is 0 Å². The smallest absolute Gasteiger partial charge is 0.228 e. The number of halogens is 1. The largest absolute Gasteiger partial charge is 0.349 e. The Hall–Kier alpha value is -1.06. The summed E-state index contributed by atoms with van der Waals surface area (Å²) in [6.07, 6.45) is 0.907. The SMILES string of the molecule is CC(C)C1(C(=O)N[C@@H](C)c2ccc(Cl)cc2)CCNC1. The molecule has 1 aliphatic heterocycles. The molecule has 4 heteroatoms. The minimum absolute atomic E-state index is 0.00371. The van der Waals surface area contributed by atoms with E-state index >= 15 is 0 Å². The number of carbonyl (C=O) groups is 1. The maximum atomic E-state index is 12.7. The first-order chi connectivity index (χ1) is 9.45. The summed E-state index contributed by atoms with van der Waals surface area (Å²) in [6, 6.07) is 7.63. The van der Waals surface area contributed by atoms with E-state index in [1.807, 2.05) is 31.2 Å². The Morgan fingerprint density at radius 3 is 2.45 bits per heavy atom. The van der Waals surface area contributed by atoms with Crippen molar-refractivity contribution in [2.75, 3.05) is 13.1 Å². The molecule has 20 heavy (non-hydrogen) atoms. The monoisotopic (exact) mass is 294 g/mol. The minimum atomic E-state index is -0.277. The normalized spacial score (nSPS) is 23.9. The summed E-state index contributed by atoms with van der Waals surface area (Å²) in [6.45, 7) is 7.95. The Bertz CT molecular complexity index is 464. The van der Waals surface area contributed by atoms with Crippen molar-refractivity contribution in [1.82, 2.24) is 10.6 Å².